The van der Waals surface area contributed by atoms with Gasteiger partial charge >= 0.3 is 5.97 Å². The Kier molecular flexibility index (Phi) is 4.20. The predicted molar refractivity (Wildman–Crippen MR) is 73.3 cm³/mol. The molecule has 0 saturated heterocycles. The van der Waals surface area contributed by atoms with E-state index >= 15 is 0 Å². The molecule has 0 amide bonds. The van der Waals surface area contributed by atoms with E-state index in [4.69, 9.17) is 14.6 Å². The summed E-state index contributed by atoms with van der Waals surface area (Å²) in [5, 5.41) is 9.00. The predicted octanol–water partition coefficient (Wildman–Crippen LogP) is 2.68. The summed E-state index contributed by atoms with van der Waals surface area (Å²) in [6.45, 7) is 2.22. The molecular formula is C15H15NO4. The molecule has 0 radical (unpaired) electrons. The molecule has 1 heterocycles. The van der Waals surface area contributed by atoms with E-state index in [9.17, 15) is 4.79 Å². The Hall–Kier alpha value is -2.56. The maximum absolute atomic E-state index is 11.0. The Bertz CT molecular complexity index is 608. The topological polar surface area (TPSA) is 68.7 Å². The maximum atomic E-state index is 11.0. The minimum atomic E-state index is -1.02. The average molecular weight is 273 g/mol. The Labute approximate surface area is 116 Å². The number of methoxy groups -OCH3 is 1. The number of carboxylic acids is 1. The van der Waals surface area contributed by atoms with Crippen molar-refractivity contribution in [1.82, 2.24) is 4.98 Å². The number of carboxylic acid groups (broad SMARTS) is 1. The number of hydrogen-bond donors (Lipinski definition) is 1. The van der Waals surface area contributed by atoms with Crippen molar-refractivity contribution in [1.29, 1.82) is 0 Å². The highest BCUT2D eigenvalue weighted by molar-refractivity contribution is 5.90. The summed E-state index contributed by atoms with van der Waals surface area (Å²) < 4.78 is 10.6. The second-order valence-corrected chi connectivity index (χ2v) is 4.26. The van der Waals surface area contributed by atoms with E-state index in [-0.39, 0.29) is 5.56 Å². The lowest BCUT2D eigenvalue weighted by Crippen LogP contribution is -2.03. The van der Waals surface area contributed by atoms with Crippen LogP contribution in [0.3, 0.4) is 0 Å². The van der Waals surface area contributed by atoms with E-state index in [1.54, 1.807) is 18.3 Å². The van der Waals surface area contributed by atoms with Gasteiger partial charge in [-0.15, -0.1) is 0 Å². The number of carbonyl (C=O) groups is 1. The third-order valence-electron chi connectivity index (χ3n) is 2.79. The number of rotatable bonds is 5. The molecule has 0 spiro atoms. The number of aromatic carboxylic acids is 1. The van der Waals surface area contributed by atoms with Crippen molar-refractivity contribution >= 4 is 5.97 Å². The molecule has 1 aromatic carbocycles. The van der Waals surface area contributed by atoms with Gasteiger partial charge in [0.15, 0.2) is 0 Å². The lowest BCUT2D eigenvalue weighted by molar-refractivity contribution is 0.0693. The number of aryl methyl sites for hydroxylation is 1. The second kappa shape index (κ2) is 6.06. The second-order valence-electron chi connectivity index (χ2n) is 4.26. The highest BCUT2D eigenvalue weighted by Gasteiger charge is 2.11. The van der Waals surface area contributed by atoms with Crippen LogP contribution in [-0.2, 0) is 6.61 Å². The summed E-state index contributed by atoms with van der Waals surface area (Å²) in [4.78, 5) is 15.1. The van der Waals surface area contributed by atoms with Gasteiger partial charge in [0, 0.05) is 5.69 Å². The average Bonchev–Trinajstić information content (AvgIpc) is 2.46. The summed E-state index contributed by atoms with van der Waals surface area (Å²) >= 11 is 0. The van der Waals surface area contributed by atoms with Crippen LogP contribution in [0.1, 0.15) is 21.6 Å². The summed E-state index contributed by atoms with van der Waals surface area (Å²) in [5.74, 6) is -0.0328. The molecule has 0 unspecified atom stereocenters. The molecule has 5 heteroatoms. The summed E-state index contributed by atoms with van der Waals surface area (Å²) in [7, 11) is 1.44. The van der Waals surface area contributed by atoms with Crippen LogP contribution in [0.5, 0.6) is 11.5 Å². The van der Waals surface area contributed by atoms with Crippen molar-refractivity contribution < 1.29 is 19.4 Å². The van der Waals surface area contributed by atoms with Crippen molar-refractivity contribution in [2.45, 2.75) is 13.5 Å². The van der Waals surface area contributed by atoms with Crippen molar-refractivity contribution in [3.63, 3.8) is 0 Å². The highest BCUT2D eigenvalue weighted by Crippen LogP contribution is 2.21. The van der Waals surface area contributed by atoms with Gasteiger partial charge in [-0.1, -0.05) is 6.07 Å². The standard InChI is InChI=1S/C15H15NO4/c1-10-3-5-12(8-16-10)20-9-11-4-6-13(15(17)18)14(7-11)19-2/h3-8H,9H2,1-2H3,(H,17,18). The first-order valence-electron chi connectivity index (χ1n) is 6.06. The van der Waals surface area contributed by atoms with E-state index in [0.717, 1.165) is 11.3 Å². The molecule has 1 N–H and O–H groups in total. The zero-order chi connectivity index (χ0) is 14.5. The zero-order valence-electron chi connectivity index (χ0n) is 11.3. The van der Waals surface area contributed by atoms with Gasteiger partial charge in [0.1, 0.15) is 23.7 Å². The fraction of sp³-hybridized carbons (Fsp3) is 0.200. The lowest BCUT2D eigenvalue weighted by atomic mass is 10.1. The fourth-order valence-corrected chi connectivity index (χ4v) is 1.71. The maximum Gasteiger partial charge on any atom is 0.339 e. The van der Waals surface area contributed by atoms with Crippen LogP contribution in [0.4, 0.5) is 0 Å². The van der Waals surface area contributed by atoms with E-state index in [1.165, 1.54) is 13.2 Å². The number of ether oxygens (including phenoxy) is 2. The monoisotopic (exact) mass is 273 g/mol. The van der Waals surface area contributed by atoms with Crippen LogP contribution in [0.25, 0.3) is 0 Å². The minimum absolute atomic E-state index is 0.133. The normalized spacial score (nSPS) is 10.1. The van der Waals surface area contributed by atoms with Gasteiger partial charge in [0.25, 0.3) is 0 Å². The van der Waals surface area contributed by atoms with E-state index in [0.29, 0.717) is 18.1 Å². The lowest BCUT2D eigenvalue weighted by Gasteiger charge is -2.09. The Balaban J connectivity index is 2.10. The Morgan fingerprint density at radius 3 is 2.70 bits per heavy atom. The molecule has 20 heavy (non-hydrogen) atoms. The number of benzene rings is 1. The molecule has 0 saturated carbocycles. The first kappa shape index (κ1) is 13.9. The quantitative estimate of drug-likeness (QED) is 0.907. The SMILES string of the molecule is COc1cc(COc2ccc(C)nc2)ccc1C(=O)O. The summed E-state index contributed by atoms with van der Waals surface area (Å²) in [6, 6.07) is 8.57. The van der Waals surface area contributed by atoms with Crippen molar-refractivity contribution in [3.05, 3.63) is 53.3 Å². The molecule has 0 bridgehead atoms. The van der Waals surface area contributed by atoms with Gasteiger partial charge in [-0.3, -0.25) is 4.98 Å². The third-order valence-corrected chi connectivity index (χ3v) is 2.79. The van der Waals surface area contributed by atoms with Crippen LogP contribution in [0, 0.1) is 6.92 Å². The van der Waals surface area contributed by atoms with Crippen LogP contribution in [-0.4, -0.2) is 23.2 Å². The number of hydrogen-bond acceptors (Lipinski definition) is 4. The fourth-order valence-electron chi connectivity index (χ4n) is 1.71. The Morgan fingerprint density at radius 1 is 1.30 bits per heavy atom. The smallest absolute Gasteiger partial charge is 0.339 e. The molecule has 2 aromatic rings. The number of nitrogens with zero attached hydrogens (tertiary/aromatic N) is 1. The van der Waals surface area contributed by atoms with Gasteiger partial charge in [0.2, 0.25) is 0 Å². The highest BCUT2D eigenvalue weighted by atomic mass is 16.5. The van der Waals surface area contributed by atoms with E-state index in [1.807, 2.05) is 19.1 Å². The first-order chi connectivity index (χ1) is 9.60. The van der Waals surface area contributed by atoms with Crippen LogP contribution < -0.4 is 9.47 Å². The summed E-state index contributed by atoms with van der Waals surface area (Å²) in [6.07, 6.45) is 1.65. The number of aromatic nitrogens is 1. The molecule has 0 aliphatic carbocycles. The largest absolute Gasteiger partial charge is 0.496 e. The first-order valence-corrected chi connectivity index (χ1v) is 6.06. The van der Waals surface area contributed by atoms with Crippen molar-refractivity contribution in [2.24, 2.45) is 0 Å². The van der Waals surface area contributed by atoms with Gasteiger partial charge in [-0.2, -0.15) is 0 Å². The minimum Gasteiger partial charge on any atom is -0.496 e. The van der Waals surface area contributed by atoms with Crippen molar-refractivity contribution in [2.75, 3.05) is 7.11 Å². The van der Waals surface area contributed by atoms with Crippen LogP contribution in [0.2, 0.25) is 0 Å². The third kappa shape index (κ3) is 3.26. The van der Waals surface area contributed by atoms with Gasteiger partial charge in [-0.05, 0) is 36.8 Å². The molecule has 0 aliphatic heterocycles. The van der Waals surface area contributed by atoms with Gasteiger partial charge < -0.3 is 14.6 Å². The summed E-state index contributed by atoms with van der Waals surface area (Å²) in [5.41, 5.74) is 1.88. The van der Waals surface area contributed by atoms with Crippen LogP contribution in [0.15, 0.2) is 36.5 Å². The van der Waals surface area contributed by atoms with Gasteiger partial charge in [0.05, 0.1) is 13.3 Å². The molecular weight excluding hydrogens is 258 g/mol. The van der Waals surface area contributed by atoms with Crippen molar-refractivity contribution in [3.8, 4) is 11.5 Å². The molecule has 104 valence electrons. The Morgan fingerprint density at radius 2 is 2.10 bits per heavy atom. The molecule has 0 fully saturated rings. The van der Waals surface area contributed by atoms with Gasteiger partial charge in [-0.25, -0.2) is 4.79 Å². The van der Waals surface area contributed by atoms with E-state index in [2.05, 4.69) is 4.98 Å². The molecule has 0 aliphatic rings. The number of pyridine rings is 1. The zero-order valence-corrected chi connectivity index (χ0v) is 11.3. The molecule has 5 nitrogen and oxygen atoms in total. The van der Waals surface area contributed by atoms with Crippen LogP contribution >= 0.6 is 0 Å². The van der Waals surface area contributed by atoms with E-state index < -0.39 is 5.97 Å². The molecule has 0 atom stereocenters. The molecule has 1 aromatic heterocycles. The molecule has 2 rings (SSSR count).